The second kappa shape index (κ2) is 66.5. The van der Waals surface area contributed by atoms with Crippen molar-refractivity contribution in [3.8, 4) is 0 Å². The number of rotatable bonds is 52. The van der Waals surface area contributed by atoms with Crippen molar-refractivity contribution in [1.29, 1.82) is 0 Å². The van der Waals surface area contributed by atoms with Gasteiger partial charge in [-0.25, -0.2) is 5.90 Å². The van der Waals surface area contributed by atoms with Crippen LogP contribution in [0.2, 0.25) is 0 Å². The van der Waals surface area contributed by atoms with Crippen LogP contribution in [0, 0.1) is 0 Å². The lowest BCUT2D eigenvalue weighted by atomic mass is 10.1. The topological polar surface area (TPSA) is 332 Å². The van der Waals surface area contributed by atoms with Crippen molar-refractivity contribution in [3.05, 3.63) is 150 Å². The van der Waals surface area contributed by atoms with E-state index in [9.17, 15) is 28.8 Å². The molecule has 0 saturated heterocycles. The first-order valence-electron chi connectivity index (χ1n) is 32.5. The van der Waals surface area contributed by atoms with Gasteiger partial charge in [-0.3, -0.25) is 28.8 Å². The number of carbonyl (C=O) groups is 6. The summed E-state index contributed by atoms with van der Waals surface area (Å²) in [7, 11) is 10.3. The van der Waals surface area contributed by atoms with Gasteiger partial charge in [0.2, 0.25) is 0 Å². The third-order valence-electron chi connectivity index (χ3n) is 12.6. The molecular formula is C70H101N10O16P5. The van der Waals surface area contributed by atoms with Crippen molar-refractivity contribution in [3.63, 3.8) is 0 Å². The van der Waals surface area contributed by atoms with Gasteiger partial charge in [-0.05, 0) is 171 Å². The number of unbranched alkanes of at least 4 members (excludes halogenated alkanes) is 12. The Morgan fingerprint density at radius 3 is 0.861 bits per heavy atom. The average molecular weight is 1490 g/mol. The molecule has 0 aromatic heterocycles. The number of benzene rings is 3. The van der Waals surface area contributed by atoms with Crippen LogP contribution in [0.5, 0.6) is 0 Å². The maximum atomic E-state index is 11.0. The second-order valence-corrected chi connectivity index (χ2v) is 23.7. The van der Waals surface area contributed by atoms with Crippen molar-refractivity contribution >= 4 is 140 Å². The Bertz CT molecular complexity index is 3090. The quantitative estimate of drug-likeness (QED) is 0.0104. The molecule has 5 unspecified atom stereocenters. The molecule has 26 nitrogen and oxygen atoms in total. The van der Waals surface area contributed by atoms with E-state index in [0.29, 0.717) is 81.3 Å². The normalized spacial score (nSPS) is 12.0. The van der Waals surface area contributed by atoms with E-state index in [1.807, 2.05) is 79.1 Å². The van der Waals surface area contributed by atoms with E-state index in [1.54, 1.807) is 102 Å². The van der Waals surface area contributed by atoms with Crippen LogP contribution in [0.25, 0.3) is 6.08 Å². The van der Waals surface area contributed by atoms with Crippen molar-refractivity contribution in [2.75, 3.05) is 52.9 Å². The van der Waals surface area contributed by atoms with Crippen molar-refractivity contribution in [2.45, 2.75) is 137 Å². The molecule has 0 bridgehead atoms. The Hall–Kier alpha value is -8.06. The van der Waals surface area contributed by atoms with E-state index in [-0.39, 0.29) is 33.3 Å². The summed E-state index contributed by atoms with van der Waals surface area (Å²) in [5, 5.41) is 34.1. The molecule has 0 amide bonds. The molecule has 3 rings (SSSR count). The third-order valence-corrected chi connectivity index (χ3v) is 14.7. The first kappa shape index (κ1) is 92.9. The lowest BCUT2D eigenvalue weighted by molar-refractivity contribution is -0.106. The monoisotopic (exact) mass is 1490 g/mol. The standard InChI is InChI=1S/C26H34N4O6P2.C18H25N2O3P.C17H23N2O4P.C9H19N2O3P/c1-21(25(31)37)29-35-17-9-5-3-7-15-33-27-19-23-11-13-24(14-12-23)20-28-34-16-8-4-6-10-18-36-30-22(2)26(32)38;1-3-16-8-10-17(11-9-16)14-19-22-12-6-4-5-7-13-23-20-15(2)18(21)24;1-14(17(21)24)19-23-11-5-3-2-4-10-22-18-12-15-6-8-16(13-20)9-7-15;1-8(9(12)15)11-14-7-5-3-2-4-6-13-10/h3,5,7,9,11-15,17,19-20H,4,6,8,10,16,18,37-38H2,1-2H3;3,8-11,14H,1,4-7,12-13,24H2,2H3;6-9,12-13H,2-5,10-11,24H2,1H3;2-7,10,15H2,1H3/b5-3+,15-7+,17-9+,27-19-,28-20+,29-21-,30-22-;19-14+,20-15-;18-12+,19-14-;11-8-. The van der Waals surface area contributed by atoms with Gasteiger partial charge in [0.25, 0.3) is 0 Å². The van der Waals surface area contributed by atoms with Crippen LogP contribution >= 0.6 is 46.2 Å². The van der Waals surface area contributed by atoms with Gasteiger partial charge in [-0.15, -0.1) is 0 Å². The number of nitrogens with zero attached hydrogens (tertiary/aromatic N) is 9. The SMILES string of the molecule is C/C(=N/O/C=C/C=C/C=C/O/N=C\c1ccc(/C=N/OCCCCCCO/N=C(/C)C(=O)P)cc1)C(=O)P.C/C(=N/OCCCCCCO/N=C/c1ccc(C=O)cc1)C(=O)P.C/C(=N/OCCCCCCON)C(=O)P.C=Cc1ccc(/C=N/OCCCCCCO/N=C(/C)C(=O)P)cc1. The molecule has 0 saturated carbocycles. The first-order chi connectivity index (χ1) is 48.8. The predicted octanol–water partition coefficient (Wildman–Crippen LogP) is 13.6. The van der Waals surface area contributed by atoms with E-state index in [2.05, 4.69) is 85.5 Å². The fraction of sp³-hybridized carbons (Fsp3) is 0.414. The zero-order valence-electron chi connectivity index (χ0n) is 58.6. The summed E-state index contributed by atoms with van der Waals surface area (Å²) in [6.45, 7) is 16.1. The number of aldehydes is 1. The molecule has 2 N–H and O–H groups in total. The van der Waals surface area contributed by atoms with Crippen LogP contribution in [0.15, 0.2) is 163 Å². The van der Waals surface area contributed by atoms with Crippen molar-refractivity contribution < 1.29 is 77.1 Å². The minimum Gasteiger partial charge on any atom is -0.396 e. The van der Waals surface area contributed by atoms with E-state index in [4.69, 9.17) is 49.4 Å². The summed E-state index contributed by atoms with van der Waals surface area (Å²) in [6.07, 6.45) is 34.1. The summed E-state index contributed by atoms with van der Waals surface area (Å²) >= 11 is 0. The summed E-state index contributed by atoms with van der Waals surface area (Å²) in [5.41, 5.74) is 6.23. The van der Waals surface area contributed by atoms with Crippen LogP contribution in [-0.4, -0.2) is 140 Å². The van der Waals surface area contributed by atoms with Crippen molar-refractivity contribution in [2.24, 2.45) is 52.3 Å². The van der Waals surface area contributed by atoms with Crippen LogP contribution in [0.1, 0.15) is 176 Å². The molecule has 0 radical (unpaired) electrons. The average Bonchev–Trinajstić information content (AvgIpc) is 1.05. The van der Waals surface area contributed by atoms with Gasteiger partial charge in [-0.1, -0.05) is 197 Å². The van der Waals surface area contributed by atoms with Crippen LogP contribution < -0.4 is 5.90 Å². The largest absolute Gasteiger partial charge is 0.396 e. The molecule has 0 aliphatic carbocycles. The fourth-order valence-corrected chi connectivity index (χ4v) is 6.85. The summed E-state index contributed by atoms with van der Waals surface area (Å²) in [5.74, 6) is 4.88. The molecule has 31 heteroatoms. The van der Waals surface area contributed by atoms with E-state index in [0.717, 1.165) is 137 Å². The molecule has 552 valence electrons. The highest BCUT2D eigenvalue weighted by molar-refractivity contribution is 7.46. The molecule has 3 aromatic rings. The number of oxime groups is 9. The molecule has 5 atom stereocenters. The van der Waals surface area contributed by atoms with Crippen molar-refractivity contribution in [1.82, 2.24) is 0 Å². The summed E-state index contributed by atoms with van der Waals surface area (Å²) < 4.78 is 0. The Balaban J connectivity index is 0.00000139. The molecule has 3 aromatic carbocycles. The van der Waals surface area contributed by atoms with Gasteiger partial charge in [0, 0.05) is 5.56 Å². The summed E-state index contributed by atoms with van der Waals surface area (Å²) in [4.78, 5) is 115. The molecule has 101 heavy (non-hydrogen) atoms. The van der Waals surface area contributed by atoms with Crippen LogP contribution in [0.4, 0.5) is 0 Å². The Morgan fingerprint density at radius 1 is 0.337 bits per heavy atom. The minimum atomic E-state index is -0.225. The van der Waals surface area contributed by atoms with Gasteiger partial charge >= 0.3 is 0 Å². The van der Waals surface area contributed by atoms with E-state index in [1.165, 1.54) is 12.5 Å². The van der Waals surface area contributed by atoms with Gasteiger partial charge in [0.1, 0.15) is 93.6 Å². The maximum Gasteiger partial charge on any atom is 0.195 e. The highest BCUT2D eigenvalue weighted by atomic mass is 31.0. The first-order valence-corrected chi connectivity index (χ1v) is 35.4. The number of hydrogen-bond donors (Lipinski definition) is 1. The third kappa shape index (κ3) is 59.4. The van der Waals surface area contributed by atoms with E-state index < -0.39 is 0 Å². The molecule has 0 aliphatic rings. The van der Waals surface area contributed by atoms with Crippen LogP contribution in [0.3, 0.4) is 0 Å². The molecular weight excluding hydrogens is 1390 g/mol. The Kier molecular flexibility index (Phi) is 61.2. The zero-order valence-corrected chi connectivity index (χ0v) is 64.3. The number of hydrogen-bond acceptors (Lipinski definition) is 26. The van der Waals surface area contributed by atoms with Crippen LogP contribution in [-0.2, 0) is 72.3 Å². The Morgan fingerprint density at radius 2 is 0.584 bits per heavy atom. The molecule has 0 spiro atoms. The number of allylic oxidation sites excluding steroid dienone is 4. The van der Waals surface area contributed by atoms with Gasteiger partial charge < -0.3 is 48.4 Å². The molecule has 0 fully saturated rings. The van der Waals surface area contributed by atoms with E-state index >= 15 is 0 Å². The fourth-order valence-electron chi connectivity index (χ4n) is 6.59. The summed E-state index contributed by atoms with van der Waals surface area (Å²) in [6, 6.07) is 22.6. The predicted molar refractivity (Wildman–Crippen MR) is 420 cm³/mol. The molecule has 0 aliphatic heterocycles. The van der Waals surface area contributed by atoms with Gasteiger partial charge in [-0.2, -0.15) is 0 Å². The minimum absolute atomic E-state index is 0.143. The Labute approximate surface area is 605 Å². The van der Waals surface area contributed by atoms with Gasteiger partial charge in [0.05, 0.1) is 31.5 Å². The number of nitrogens with two attached hydrogens (primary N) is 1. The molecule has 0 heterocycles. The number of carbonyl (C=O) groups excluding carboxylic acids is 6. The lowest BCUT2D eigenvalue weighted by Crippen LogP contribution is -2.02. The smallest absolute Gasteiger partial charge is 0.195 e. The maximum absolute atomic E-state index is 11.0. The lowest BCUT2D eigenvalue weighted by Gasteiger charge is -2.01. The highest BCUT2D eigenvalue weighted by Crippen LogP contribution is 2.09. The van der Waals surface area contributed by atoms with Gasteiger partial charge in [0.15, 0.2) is 27.6 Å². The highest BCUT2D eigenvalue weighted by Gasteiger charge is 2.03. The second-order valence-electron chi connectivity index (χ2n) is 21.1. The zero-order chi connectivity index (χ0) is 74.6.